The van der Waals surface area contributed by atoms with Gasteiger partial charge in [0.2, 0.25) is 5.91 Å². The number of carbonyl (C=O) groups excluding carboxylic acids is 1. The largest absolute Gasteiger partial charge is 0.394 e. The quantitative estimate of drug-likeness (QED) is 0.705. The zero-order chi connectivity index (χ0) is 14.4. The van der Waals surface area contributed by atoms with Crippen LogP contribution in [0.4, 0.5) is 0 Å². The summed E-state index contributed by atoms with van der Waals surface area (Å²) in [5.41, 5.74) is 0.833. The molecule has 0 aromatic carbocycles. The summed E-state index contributed by atoms with van der Waals surface area (Å²) in [4.78, 5) is 13.7. The first kappa shape index (κ1) is 15.6. The monoisotopic (exact) mass is 269 g/mol. The Balaban J connectivity index is 2.48. The van der Waals surface area contributed by atoms with E-state index in [2.05, 4.69) is 34.4 Å². The van der Waals surface area contributed by atoms with Gasteiger partial charge in [-0.2, -0.15) is 0 Å². The van der Waals surface area contributed by atoms with Gasteiger partial charge >= 0.3 is 0 Å². The van der Waals surface area contributed by atoms with E-state index in [1.807, 2.05) is 7.05 Å². The fourth-order valence-electron chi connectivity index (χ4n) is 1.44. The van der Waals surface area contributed by atoms with Crippen molar-refractivity contribution in [2.45, 2.75) is 45.9 Å². The summed E-state index contributed by atoms with van der Waals surface area (Å²) in [6, 6.07) is 0.182. The molecular formula is C12H23N5O2. The van der Waals surface area contributed by atoms with E-state index in [0.29, 0.717) is 12.6 Å². The Morgan fingerprint density at radius 1 is 1.53 bits per heavy atom. The first-order valence-electron chi connectivity index (χ1n) is 6.41. The molecule has 0 radical (unpaired) electrons. The third kappa shape index (κ3) is 5.35. The molecule has 1 amide bonds. The van der Waals surface area contributed by atoms with Crippen molar-refractivity contribution in [2.24, 2.45) is 0 Å². The number of aliphatic hydroxyl groups excluding tert-OH is 1. The number of aromatic nitrogens is 3. The zero-order valence-corrected chi connectivity index (χ0v) is 12.0. The van der Waals surface area contributed by atoms with Crippen molar-refractivity contribution in [1.29, 1.82) is 0 Å². The van der Waals surface area contributed by atoms with Gasteiger partial charge in [0.1, 0.15) is 6.54 Å². The molecule has 0 bridgehead atoms. The highest BCUT2D eigenvalue weighted by molar-refractivity contribution is 5.75. The molecule has 1 atom stereocenters. The molecule has 19 heavy (non-hydrogen) atoms. The molecule has 1 rings (SSSR count). The molecular weight excluding hydrogens is 246 g/mol. The first-order chi connectivity index (χ1) is 8.92. The Morgan fingerprint density at radius 3 is 2.79 bits per heavy atom. The third-order valence-corrected chi connectivity index (χ3v) is 2.87. The normalized spacial score (nSPS) is 13.0. The van der Waals surface area contributed by atoms with Gasteiger partial charge in [0.05, 0.1) is 18.5 Å². The molecule has 108 valence electrons. The fraction of sp³-hybridized carbons (Fsp3) is 0.750. The van der Waals surface area contributed by atoms with Gasteiger partial charge in [-0.3, -0.25) is 9.69 Å². The van der Waals surface area contributed by atoms with E-state index in [-0.39, 0.29) is 25.1 Å². The lowest BCUT2D eigenvalue weighted by Gasteiger charge is -2.18. The number of carbonyl (C=O) groups is 1. The average molecular weight is 269 g/mol. The minimum absolute atomic E-state index is 0.0759. The van der Waals surface area contributed by atoms with Crippen molar-refractivity contribution in [3.05, 3.63) is 11.9 Å². The summed E-state index contributed by atoms with van der Waals surface area (Å²) in [6.45, 7) is 6.69. The smallest absolute Gasteiger partial charge is 0.242 e. The van der Waals surface area contributed by atoms with Gasteiger partial charge in [-0.1, -0.05) is 5.21 Å². The molecule has 0 fully saturated rings. The second-order valence-corrected chi connectivity index (χ2v) is 5.07. The number of hydrogen-bond donors (Lipinski definition) is 2. The SMILES string of the molecule is CC(CO)NC(=O)Cn1cc(CN(C)C(C)C)nn1. The maximum atomic E-state index is 11.6. The summed E-state index contributed by atoms with van der Waals surface area (Å²) in [5, 5.41) is 19.5. The molecule has 0 aliphatic heterocycles. The van der Waals surface area contributed by atoms with E-state index >= 15 is 0 Å². The van der Waals surface area contributed by atoms with Crippen molar-refractivity contribution in [3.8, 4) is 0 Å². The van der Waals surface area contributed by atoms with Crippen molar-refractivity contribution >= 4 is 5.91 Å². The van der Waals surface area contributed by atoms with Crippen LogP contribution in [0, 0.1) is 0 Å². The molecule has 1 aromatic heterocycles. The number of aliphatic hydroxyl groups is 1. The summed E-state index contributed by atoms with van der Waals surface area (Å²) in [6.07, 6.45) is 1.77. The first-order valence-corrected chi connectivity index (χ1v) is 6.41. The molecule has 1 unspecified atom stereocenters. The standard InChI is InChI=1S/C12H23N5O2/c1-9(2)16(4)5-11-6-17(15-14-11)7-12(19)13-10(3)8-18/h6,9-10,18H,5,7-8H2,1-4H3,(H,13,19). The molecule has 7 nitrogen and oxygen atoms in total. The van der Waals surface area contributed by atoms with Crippen LogP contribution in [0.15, 0.2) is 6.20 Å². The number of nitrogens with zero attached hydrogens (tertiary/aromatic N) is 4. The van der Waals surface area contributed by atoms with E-state index < -0.39 is 0 Å². The zero-order valence-electron chi connectivity index (χ0n) is 12.0. The highest BCUT2D eigenvalue weighted by Gasteiger charge is 2.10. The Morgan fingerprint density at radius 2 is 2.21 bits per heavy atom. The summed E-state index contributed by atoms with van der Waals surface area (Å²) >= 11 is 0. The van der Waals surface area contributed by atoms with Gasteiger partial charge in [0, 0.05) is 18.6 Å². The second-order valence-electron chi connectivity index (χ2n) is 5.07. The van der Waals surface area contributed by atoms with Gasteiger partial charge in [0.25, 0.3) is 0 Å². The average Bonchev–Trinajstić information content (AvgIpc) is 2.75. The molecule has 1 aromatic rings. The lowest BCUT2D eigenvalue weighted by atomic mass is 10.3. The van der Waals surface area contributed by atoms with Crippen LogP contribution in [0.1, 0.15) is 26.5 Å². The Hall–Kier alpha value is -1.47. The Bertz CT molecular complexity index is 405. The van der Waals surface area contributed by atoms with Crippen LogP contribution in [0.25, 0.3) is 0 Å². The van der Waals surface area contributed by atoms with Gasteiger partial charge < -0.3 is 10.4 Å². The van der Waals surface area contributed by atoms with Crippen molar-refractivity contribution in [3.63, 3.8) is 0 Å². The highest BCUT2D eigenvalue weighted by atomic mass is 16.3. The van der Waals surface area contributed by atoms with Crippen LogP contribution < -0.4 is 5.32 Å². The molecule has 0 aliphatic rings. The van der Waals surface area contributed by atoms with Crippen LogP contribution in [-0.2, 0) is 17.9 Å². The third-order valence-electron chi connectivity index (χ3n) is 2.87. The second kappa shape index (κ2) is 7.20. The maximum absolute atomic E-state index is 11.6. The number of hydrogen-bond acceptors (Lipinski definition) is 5. The van der Waals surface area contributed by atoms with Crippen LogP contribution in [0.3, 0.4) is 0 Å². The summed E-state index contributed by atoms with van der Waals surface area (Å²) < 4.78 is 1.50. The number of amides is 1. The molecule has 2 N–H and O–H groups in total. The topological polar surface area (TPSA) is 83.3 Å². The van der Waals surface area contributed by atoms with Gasteiger partial charge in [-0.25, -0.2) is 4.68 Å². The molecule has 0 saturated heterocycles. The van der Waals surface area contributed by atoms with Crippen molar-refractivity contribution in [2.75, 3.05) is 13.7 Å². The highest BCUT2D eigenvalue weighted by Crippen LogP contribution is 2.02. The maximum Gasteiger partial charge on any atom is 0.242 e. The van der Waals surface area contributed by atoms with Crippen LogP contribution in [-0.4, -0.2) is 56.6 Å². The molecule has 0 aliphatic carbocycles. The van der Waals surface area contributed by atoms with Crippen molar-refractivity contribution in [1.82, 2.24) is 25.2 Å². The van der Waals surface area contributed by atoms with E-state index in [0.717, 1.165) is 5.69 Å². The molecule has 1 heterocycles. The van der Waals surface area contributed by atoms with E-state index in [9.17, 15) is 4.79 Å². The van der Waals surface area contributed by atoms with Gasteiger partial charge in [-0.05, 0) is 27.8 Å². The van der Waals surface area contributed by atoms with Gasteiger partial charge in [0.15, 0.2) is 0 Å². The lowest BCUT2D eigenvalue weighted by Crippen LogP contribution is -2.37. The summed E-state index contributed by atoms with van der Waals surface area (Å²) in [5.74, 6) is -0.185. The molecule has 0 spiro atoms. The van der Waals surface area contributed by atoms with E-state index in [4.69, 9.17) is 5.11 Å². The van der Waals surface area contributed by atoms with Crippen LogP contribution in [0.2, 0.25) is 0 Å². The van der Waals surface area contributed by atoms with Crippen molar-refractivity contribution < 1.29 is 9.90 Å². The summed E-state index contributed by atoms with van der Waals surface area (Å²) in [7, 11) is 2.01. The van der Waals surface area contributed by atoms with E-state index in [1.54, 1.807) is 13.1 Å². The number of rotatable bonds is 7. The molecule has 7 heteroatoms. The van der Waals surface area contributed by atoms with E-state index in [1.165, 1.54) is 4.68 Å². The van der Waals surface area contributed by atoms with Crippen LogP contribution in [0.5, 0.6) is 0 Å². The predicted molar refractivity (Wildman–Crippen MR) is 71.3 cm³/mol. The minimum atomic E-state index is -0.248. The van der Waals surface area contributed by atoms with Crippen LogP contribution >= 0.6 is 0 Å². The Labute approximate surface area is 113 Å². The fourth-order valence-corrected chi connectivity index (χ4v) is 1.44. The predicted octanol–water partition coefficient (Wildman–Crippen LogP) is -0.385. The van der Waals surface area contributed by atoms with Gasteiger partial charge in [-0.15, -0.1) is 5.10 Å². The minimum Gasteiger partial charge on any atom is -0.394 e. The lowest BCUT2D eigenvalue weighted by molar-refractivity contribution is -0.122. The number of nitrogens with one attached hydrogen (secondary N) is 1. The molecule has 0 saturated carbocycles. The Kier molecular flexibility index (Phi) is 5.91.